The lowest BCUT2D eigenvalue weighted by Crippen LogP contribution is -2.20. The van der Waals surface area contributed by atoms with E-state index >= 15 is 0 Å². The lowest BCUT2D eigenvalue weighted by atomic mass is 10.2. The first-order chi connectivity index (χ1) is 10.1. The highest BCUT2D eigenvalue weighted by atomic mass is 16.5. The molecule has 1 aromatic carbocycles. The van der Waals surface area contributed by atoms with E-state index in [4.69, 9.17) is 9.47 Å². The molecule has 0 aliphatic rings. The molecule has 0 fully saturated rings. The molecule has 0 aliphatic carbocycles. The summed E-state index contributed by atoms with van der Waals surface area (Å²) >= 11 is 0. The van der Waals surface area contributed by atoms with Gasteiger partial charge in [-0.2, -0.15) is 0 Å². The monoisotopic (exact) mass is 287 g/mol. The number of carbonyl (C=O) groups is 1. The minimum atomic E-state index is -0.349. The quantitative estimate of drug-likeness (QED) is 0.906. The van der Waals surface area contributed by atoms with E-state index in [9.17, 15) is 4.79 Å². The topological polar surface area (TPSA) is 72.5 Å². The number of nitrogens with one attached hydrogen (secondary N) is 2. The van der Waals surface area contributed by atoms with Crippen LogP contribution in [0.3, 0.4) is 0 Å². The molecule has 6 nitrogen and oxygen atoms in total. The van der Waals surface area contributed by atoms with Crippen molar-refractivity contribution in [1.82, 2.24) is 4.98 Å². The fraction of sp³-hybridized carbons (Fsp3) is 0.200. The van der Waals surface area contributed by atoms with Crippen LogP contribution >= 0.6 is 0 Å². The van der Waals surface area contributed by atoms with Gasteiger partial charge in [0.15, 0.2) is 11.5 Å². The van der Waals surface area contributed by atoms with Gasteiger partial charge in [0.25, 0.3) is 0 Å². The van der Waals surface area contributed by atoms with Crippen LogP contribution in [0.1, 0.15) is 5.69 Å². The Kier molecular flexibility index (Phi) is 4.61. The number of aromatic nitrogens is 1. The van der Waals surface area contributed by atoms with Gasteiger partial charge in [0.05, 0.1) is 25.6 Å². The summed E-state index contributed by atoms with van der Waals surface area (Å²) in [6, 6.07) is 8.35. The average Bonchev–Trinajstić information content (AvgIpc) is 2.49. The molecule has 1 aromatic heterocycles. The van der Waals surface area contributed by atoms with Crippen molar-refractivity contribution in [1.29, 1.82) is 0 Å². The van der Waals surface area contributed by atoms with E-state index < -0.39 is 0 Å². The first-order valence-electron chi connectivity index (χ1n) is 6.35. The Bertz CT molecular complexity index is 644. The van der Waals surface area contributed by atoms with Gasteiger partial charge in [-0.05, 0) is 31.2 Å². The van der Waals surface area contributed by atoms with Gasteiger partial charge in [0.1, 0.15) is 0 Å². The molecular weight excluding hydrogens is 270 g/mol. The Morgan fingerprint density at radius 3 is 2.52 bits per heavy atom. The number of aryl methyl sites for hydroxylation is 1. The molecule has 0 unspecified atom stereocenters. The van der Waals surface area contributed by atoms with Gasteiger partial charge in [0.2, 0.25) is 0 Å². The van der Waals surface area contributed by atoms with Gasteiger partial charge in [-0.1, -0.05) is 0 Å². The zero-order chi connectivity index (χ0) is 15.2. The molecule has 6 heteroatoms. The normalized spacial score (nSPS) is 9.86. The number of carbonyl (C=O) groups excluding carboxylic acids is 1. The Morgan fingerprint density at radius 1 is 1.10 bits per heavy atom. The molecule has 2 amide bonds. The zero-order valence-electron chi connectivity index (χ0n) is 12.1. The van der Waals surface area contributed by atoms with Gasteiger partial charge in [0, 0.05) is 18.0 Å². The Labute approximate surface area is 123 Å². The van der Waals surface area contributed by atoms with E-state index in [1.807, 2.05) is 6.92 Å². The largest absolute Gasteiger partial charge is 0.493 e. The smallest absolute Gasteiger partial charge is 0.323 e. The van der Waals surface area contributed by atoms with Gasteiger partial charge >= 0.3 is 6.03 Å². The molecule has 2 N–H and O–H groups in total. The van der Waals surface area contributed by atoms with E-state index in [-0.39, 0.29) is 6.03 Å². The maximum atomic E-state index is 12.0. The van der Waals surface area contributed by atoms with Gasteiger partial charge in [-0.15, -0.1) is 0 Å². The first kappa shape index (κ1) is 14.6. The highest BCUT2D eigenvalue weighted by Crippen LogP contribution is 2.29. The van der Waals surface area contributed by atoms with Crippen molar-refractivity contribution < 1.29 is 14.3 Å². The number of rotatable bonds is 4. The summed E-state index contributed by atoms with van der Waals surface area (Å²) in [5, 5.41) is 5.47. The van der Waals surface area contributed by atoms with Crippen molar-refractivity contribution >= 4 is 17.4 Å². The number of ether oxygens (including phenoxy) is 2. The predicted molar refractivity (Wildman–Crippen MR) is 81.2 cm³/mol. The number of benzene rings is 1. The molecule has 0 radical (unpaired) electrons. The first-order valence-corrected chi connectivity index (χ1v) is 6.35. The molecule has 0 saturated heterocycles. The number of amides is 2. The molecule has 0 aliphatic heterocycles. The number of pyridine rings is 1. The summed E-state index contributed by atoms with van der Waals surface area (Å²) in [5.41, 5.74) is 2.02. The predicted octanol–water partition coefficient (Wildman–Crippen LogP) is 3.05. The molecule has 0 saturated carbocycles. The van der Waals surface area contributed by atoms with Crippen LogP contribution < -0.4 is 20.1 Å². The zero-order valence-corrected chi connectivity index (χ0v) is 12.1. The summed E-state index contributed by atoms with van der Waals surface area (Å²) in [4.78, 5) is 16.1. The average molecular weight is 287 g/mol. The van der Waals surface area contributed by atoms with Crippen molar-refractivity contribution in [2.75, 3.05) is 24.9 Å². The third kappa shape index (κ3) is 3.62. The van der Waals surface area contributed by atoms with Gasteiger partial charge in [-0.3, -0.25) is 4.98 Å². The minimum Gasteiger partial charge on any atom is -0.493 e. The standard InChI is InChI=1S/C15H17N3O3/c1-10-12(5-4-8-16-10)18-15(19)17-11-6-7-13(20-2)14(9-11)21-3/h4-9H,1-3H3,(H2,17,18,19). The van der Waals surface area contributed by atoms with Crippen LogP contribution in [-0.2, 0) is 0 Å². The fourth-order valence-electron chi connectivity index (χ4n) is 1.81. The van der Waals surface area contributed by atoms with Crippen molar-refractivity contribution in [3.05, 3.63) is 42.2 Å². The fourth-order valence-corrected chi connectivity index (χ4v) is 1.81. The summed E-state index contributed by atoms with van der Waals surface area (Å²) < 4.78 is 10.3. The summed E-state index contributed by atoms with van der Waals surface area (Å²) in [6.07, 6.45) is 1.67. The molecule has 2 aromatic rings. The molecule has 2 rings (SSSR count). The molecule has 110 valence electrons. The van der Waals surface area contributed by atoms with Crippen molar-refractivity contribution in [2.24, 2.45) is 0 Å². The molecule has 1 heterocycles. The third-order valence-electron chi connectivity index (χ3n) is 2.90. The van der Waals surface area contributed by atoms with Crippen molar-refractivity contribution in [3.63, 3.8) is 0 Å². The van der Waals surface area contributed by atoms with Crippen LogP contribution in [0.2, 0.25) is 0 Å². The second-order valence-electron chi connectivity index (χ2n) is 4.29. The Hall–Kier alpha value is -2.76. The molecular formula is C15H17N3O3. The van der Waals surface area contributed by atoms with E-state index in [0.717, 1.165) is 5.69 Å². The molecule has 0 bridgehead atoms. The number of hydrogen-bond donors (Lipinski definition) is 2. The summed E-state index contributed by atoms with van der Waals surface area (Å²) in [5.74, 6) is 1.15. The lowest BCUT2D eigenvalue weighted by molar-refractivity contribution is 0.262. The highest BCUT2D eigenvalue weighted by molar-refractivity contribution is 6.00. The summed E-state index contributed by atoms with van der Waals surface area (Å²) in [6.45, 7) is 1.83. The Morgan fingerprint density at radius 2 is 1.86 bits per heavy atom. The maximum absolute atomic E-state index is 12.0. The second-order valence-corrected chi connectivity index (χ2v) is 4.29. The van der Waals surface area contributed by atoms with Gasteiger partial charge < -0.3 is 20.1 Å². The van der Waals surface area contributed by atoms with Crippen LogP contribution in [0.4, 0.5) is 16.2 Å². The number of nitrogens with zero attached hydrogens (tertiary/aromatic N) is 1. The van der Waals surface area contributed by atoms with Crippen molar-refractivity contribution in [3.8, 4) is 11.5 Å². The van der Waals surface area contributed by atoms with Crippen LogP contribution in [0.15, 0.2) is 36.5 Å². The van der Waals surface area contributed by atoms with Crippen LogP contribution in [0.5, 0.6) is 11.5 Å². The number of methoxy groups -OCH3 is 2. The number of anilines is 2. The van der Waals surface area contributed by atoms with Crippen LogP contribution in [0.25, 0.3) is 0 Å². The highest BCUT2D eigenvalue weighted by Gasteiger charge is 2.08. The second kappa shape index (κ2) is 6.60. The molecule has 0 atom stereocenters. The maximum Gasteiger partial charge on any atom is 0.323 e. The van der Waals surface area contributed by atoms with E-state index in [2.05, 4.69) is 15.6 Å². The van der Waals surface area contributed by atoms with Crippen molar-refractivity contribution in [2.45, 2.75) is 6.92 Å². The van der Waals surface area contributed by atoms with Gasteiger partial charge in [-0.25, -0.2) is 4.79 Å². The SMILES string of the molecule is COc1ccc(NC(=O)Nc2cccnc2C)cc1OC. The molecule has 0 spiro atoms. The number of urea groups is 1. The van der Waals surface area contributed by atoms with Crippen LogP contribution in [0, 0.1) is 6.92 Å². The summed E-state index contributed by atoms with van der Waals surface area (Å²) in [7, 11) is 3.10. The van der Waals surface area contributed by atoms with E-state index in [1.165, 1.54) is 0 Å². The molecule has 21 heavy (non-hydrogen) atoms. The van der Waals surface area contributed by atoms with Crippen LogP contribution in [-0.4, -0.2) is 25.2 Å². The number of hydrogen-bond acceptors (Lipinski definition) is 4. The lowest BCUT2D eigenvalue weighted by Gasteiger charge is -2.12. The minimum absolute atomic E-state index is 0.349. The van der Waals surface area contributed by atoms with E-state index in [1.54, 1.807) is 50.7 Å². The Balaban J connectivity index is 2.08. The van der Waals surface area contributed by atoms with E-state index in [0.29, 0.717) is 22.9 Å². The third-order valence-corrected chi connectivity index (χ3v) is 2.90.